The van der Waals surface area contributed by atoms with Crippen LogP contribution in [0.2, 0.25) is 0 Å². The number of carbonyl (C=O) groups is 3. The van der Waals surface area contributed by atoms with Gasteiger partial charge in [-0.2, -0.15) is 13.2 Å². The van der Waals surface area contributed by atoms with Crippen molar-refractivity contribution in [3.05, 3.63) is 35.4 Å². The van der Waals surface area contributed by atoms with Crippen molar-refractivity contribution in [3.63, 3.8) is 0 Å². The molecule has 0 bridgehead atoms. The van der Waals surface area contributed by atoms with Crippen LogP contribution in [0.15, 0.2) is 24.3 Å². The van der Waals surface area contributed by atoms with Crippen molar-refractivity contribution < 1.29 is 41.1 Å². The highest BCUT2D eigenvalue weighted by Crippen LogP contribution is 2.40. The lowest BCUT2D eigenvalue weighted by molar-refractivity contribution is -0.181. The fourth-order valence-corrected chi connectivity index (χ4v) is 5.45. The van der Waals surface area contributed by atoms with Gasteiger partial charge in [-0.25, -0.2) is 13.6 Å². The van der Waals surface area contributed by atoms with Gasteiger partial charge in [0.25, 0.3) is 5.91 Å². The largest absolute Gasteiger partial charge is 0.444 e. The second-order valence-electron chi connectivity index (χ2n) is 11.4. The topological polar surface area (TPSA) is 70.2 Å². The van der Waals surface area contributed by atoms with Gasteiger partial charge < -0.3 is 19.4 Å². The molecule has 0 unspecified atom stereocenters. The Morgan fingerprint density at radius 2 is 1.61 bits per heavy atom. The maximum absolute atomic E-state index is 13.9. The molecule has 1 aromatic carbocycles. The second-order valence-corrected chi connectivity index (χ2v) is 11.4. The quantitative estimate of drug-likeness (QED) is 0.515. The summed E-state index contributed by atoms with van der Waals surface area (Å²) in [7, 11) is 0. The van der Waals surface area contributed by atoms with Gasteiger partial charge in [0.1, 0.15) is 12.1 Å². The lowest BCUT2D eigenvalue weighted by Gasteiger charge is -2.58. The van der Waals surface area contributed by atoms with Crippen molar-refractivity contribution in [1.29, 1.82) is 0 Å². The lowest BCUT2D eigenvalue weighted by Crippen LogP contribution is -2.81. The van der Waals surface area contributed by atoms with E-state index in [1.54, 1.807) is 20.8 Å². The molecule has 0 aromatic heterocycles. The van der Waals surface area contributed by atoms with Crippen molar-refractivity contribution in [2.45, 2.75) is 82.8 Å². The minimum absolute atomic E-state index is 0.114. The number of ether oxygens (including phenoxy) is 1. The van der Waals surface area contributed by atoms with Gasteiger partial charge in [0.05, 0.1) is 18.7 Å². The highest BCUT2D eigenvalue weighted by Gasteiger charge is 2.62. The van der Waals surface area contributed by atoms with Crippen LogP contribution in [0.1, 0.15) is 57.6 Å². The average Bonchev–Trinajstić information content (AvgIpc) is 2.79. The highest BCUT2D eigenvalue weighted by atomic mass is 19.4. The molecule has 1 aromatic rings. The number of alkyl halides is 5. The number of hydrogen-bond donors (Lipinski definition) is 0. The van der Waals surface area contributed by atoms with Crippen LogP contribution in [0.5, 0.6) is 0 Å². The maximum atomic E-state index is 13.9. The number of amides is 3. The van der Waals surface area contributed by atoms with Crippen LogP contribution < -0.4 is 0 Å². The van der Waals surface area contributed by atoms with Gasteiger partial charge in [0, 0.05) is 18.5 Å². The van der Waals surface area contributed by atoms with Gasteiger partial charge in [-0.15, -0.1) is 0 Å². The standard InChI is InChI=1S/C26H32F5N3O4/c1-24(2,3)38-23(37)32-14-25(15-32)22(36)33(19-10-6-17(7-11-19)21(27)28)13-20(35)34(25)12-16-4-8-18(9-5-16)26(29,30)31/h4-5,8-9,17,19,21H,6-7,10-15H2,1-3H3. The second kappa shape index (κ2) is 10.00. The van der Waals surface area contributed by atoms with E-state index in [4.69, 9.17) is 4.74 Å². The van der Waals surface area contributed by atoms with Crippen LogP contribution in [0.25, 0.3) is 0 Å². The Kier molecular flexibility index (Phi) is 7.39. The minimum atomic E-state index is -4.51. The van der Waals surface area contributed by atoms with Crippen molar-refractivity contribution in [2.24, 2.45) is 5.92 Å². The van der Waals surface area contributed by atoms with Crippen molar-refractivity contribution >= 4 is 17.9 Å². The van der Waals surface area contributed by atoms with Crippen LogP contribution >= 0.6 is 0 Å². The van der Waals surface area contributed by atoms with E-state index in [9.17, 15) is 36.3 Å². The molecule has 2 saturated heterocycles. The molecule has 0 N–H and O–H groups in total. The van der Waals surface area contributed by atoms with E-state index in [2.05, 4.69) is 0 Å². The number of hydrogen-bond acceptors (Lipinski definition) is 4. The number of halogens is 5. The monoisotopic (exact) mass is 545 g/mol. The van der Waals surface area contributed by atoms with Crippen LogP contribution in [0.4, 0.5) is 26.7 Å². The Balaban J connectivity index is 1.57. The molecule has 1 aliphatic carbocycles. The first-order valence-corrected chi connectivity index (χ1v) is 12.6. The van der Waals surface area contributed by atoms with Gasteiger partial charge in [-0.05, 0) is 64.2 Å². The summed E-state index contributed by atoms with van der Waals surface area (Å²) >= 11 is 0. The molecule has 0 radical (unpaired) electrons. The van der Waals surface area contributed by atoms with E-state index < -0.39 is 47.2 Å². The van der Waals surface area contributed by atoms with Gasteiger partial charge in [-0.3, -0.25) is 9.59 Å². The summed E-state index contributed by atoms with van der Waals surface area (Å²) in [5.41, 5.74) is -2.61. The zero-order valence-electron chi connectivity index (χ0n) is 21.6. The van der Waals surface area contributed by atoms with Crippen LogP contribution in [0, 0.1) is 5.92 Å². The third-order valence-electron chi connectivity index (χ3n) is 7.50. The van der Waals surface area contributed by atoms with Crippen molar-refractivity contribution in [3.8, 4) is 0 Å². The molecule has 3 aliphatic rings. The predicted octanol–water partition coefficient (Wildman–Crippen LogP) is 4.69. The smallest absolute Gasteiger partial charge is 0.416 e. The summed E-state index contributed by atoms with van der Waals surface area (Å²) in [6.07, 6.45) is -6.42. The number of rotatable bonds is 4. The Hall–Kier alpha value is -2.92. The number of likely N-dealkylation sites (tertiary alicyclic amines) is 1. The Labute approximate surface area is 217 Å². The number of piperazine rings is 1. The fourth-order valence-electron chi connectivity index (χ4n) is 5.45. The van der Waals surface area contributed by atoms with E-state index in [1.165, 1.54) is 26.8 Å². The zero-order valence-corrected chi connectivity index (χ0v) is 21.6. The summed E-state index contributed by atoms with van der Waals surface area (Å²) < 4.78 is 70.7. The van der Waals surface area contributed by atoms with E-state index >= 15 is 0 Å². The zero-order chi connectivity index (χ0) is 28.0. The van der Waals surface area contributed by atoms with Gasteiger partial charge in [0.2, 0.25) is 12.3 Å². The molecule has 210 valence electrons. The van der Waals surface area contributed by atoms with Gasteiger partial charge in [-0.1, -0.05) is 12.1 Å². The molecular weight excluding hydrogens is 513 g/mol. The molecule has 4 rings (SSSR count). The number of nitrogens with zero attached hydrogens (tertiary/aromatic N) is 3. The minimum Gasteiger partial charge on any atom is -0.444 e. The first kappa shape index (κ1) is 28.1. The molecule has 38 heavy (non-hydrogen) atoms. The number of carbonyl (C=O) groups excluding carboxylic acids is 3. The molecule has 1 spiro atoms. The molecule has 1 saturated carbocycles. The van der Waals surface area contributed by atoms with E-state index in [-0.39, 0.29) is 51.0 Å². The molecule has 2 aliphatic heterocycles. The maximum Gasteiger partial charge on any atom is 0.416 e. The molecule has 0 atom stereocenters. The molecule has 7 nitrogen and oxygen atoms in total. The first-order valence-electron chi connectivity index (χ1n) is 12.6. The molecule has 2 heterocycles. The summed E-state index contributed by atoms with van der Waals surface area (Å²) in [6, 6.07) is 3.98. The molecule has 12 heteroatoms. The lowest BCUT2D eigenvalue weighted by atomic mass is 9.80. The van der Waals surface area contributed by atoms with Gasteiger partial charge in [0.15, 0.2) is 5.54 Å². The molecule has 3 fully saturated rings. The van der Waals surface area contributed by atoms with Crippen molar-refractivity contribution in [2.75, 3.05) is 19.6 Å². The highest BCUT2D eigenvalue weighted by molar-refractivity contribution is 6.00. The predicted molar refractivity (Wildman–Crippen MR) is 126 cm³/mol. The number of benzene rings is 1. The third kappa shape index (κ3) is 5.58. The normalized spacial score (nSPS) is 24.2. The molecular formula is C26H32F5N3O4. The van der Waals surface area contributed by atoms with E-state index in [0.29, 0.717) is 18.4 Å². The van der Waals surface area contributed by atoms with Gasteiger partial charge >= 0.3 is 12.3 Å². The summed E-state index contributed by atoms with van der Waals surface area (Å²) in [6.45, 7) is 4.47. The summed E-state index contributed by atoms with van der Waals surface area (Å²) in [5, 5.41) is 0. The average molecular weight is 546 g/mol. The van der Waals surface area contributed by atoms with Crippen molar-refractivity contribution in [1.82, 2.24) is 14.7 Å². The van der Waals surface area contributed by atoms with E-state index in [1.807, 2.05) is 0 Å². The Morgan fingerprint density at radius 3 is 2.11 bits per heavy atom. The Bertz CT molecular complexity index is 1060. The molecule has 3 amide bonds. The SMILES string of the molecule is CC(C)(C)OC(=O)N1CC2(C1)C(=O)N(C1CCC(C(F)F)CC1)CC(=O)N2Cc1ccc(C(F)(F)F)cc1. The summed E-state index contributed by atoms with van der Waals surface area (Å²) in [5.74, 6) is -1.54. The first-order chi connectivity index (χ1) is 17.6. The van der Waals surface area contributed by atoms with Crippen LogP contribution in [-0.2, 0) is 27.0 Å². The fraction of sp³-hybridized carbons (Fsp3) is 0.654. The van der Waals surface area contributed by atoms with Crippen LogP contribution in [-0.4, -0.2) is 75.8 Å². The summed E-state index contributed by atoms with van der Waals surface area (Å²) in [4.78, 5) is 44.0. The van der Waals surface area contributed by atoms with E-state index in [0.717, 1.165) is 12.1 Å². The van der Waals surface area contributed by atoms with Crippen LogP contribution in [0.3, 0.4) is 0 Å². The Morgan fingerprint density at radius 1 is 1.03 bits per heavy atom. The third-order valence-corrected chi connectivity index (χ3v) is 7.50.